The number of halogens is 5. The van der Waals surface area contributed by atoms with E-state index in [2.05, 4.69) is 72.9 Å². The summed E-state index contributed by atoms with van der Waals surface area (Å²) in [4.78, 5) is 0. The summed E-state index contributed by atoms with van der Waals surface area (Å²) in [5.41, 5.74) is 0.899. The van der Waals surface area contributed by atoms with E-state index in [1.165, 1.54) is 0 Å². The second-order valence-corrected chi connectivity index (χ2v) is 6.83. The summed E-state index contributed by atoms with van der Waals surface area (Å²) >= 11 is 19.2. The van der Waals surface area contributed by atoms with Crippen LogP contribution in [0.4, 0.5) is 0 Å². The standard InChI is InChI=1S/C8H3Cl2I3N2/c1-15-7-2(8(13)14-15)3(9)5(11)6(12)4(7)10/h1H3. The van der Waals surface area contributed by atoms with Gasteiger partial charge < -0.3 is 0 Å². The van der Waals surface area contributed by atoms with Crippen LogP contribution in [0.3, 0.4) is 0 Å². The van der Waals surface area contributed by atoms with Gasteiger partial charge in [-0.15, -0.1) is 0 Å². The van der Waals surface area contributed by atoms with Gasteiger partial charge in [-0.2, -0.15) is 5.10 Å². The van der Waals surface area contributed by atoms with Crippen molar-refractivity contribution in [1.82, 2.24) is 9.78 Å². The topological polar surface area (TPSA) is 17.8 Å². The molecule has 0 aliphatic heterocycles. The summed E-state index contributed by atoms with van der Waals surface area (Å²) in [6.45, 7) is 0. The molecule has 0 fully saturated rings. The highest BCUT2D eigenvalue weighted by atomic mass is 127. The SMILES string of the molecule is Cn1nc(I)c2c(Cl)c(I)c(I)c(Cl)c21. The normalized spacial score (nSPS) is 11.3. The molecule has 0 atom stereocenters. The summed E-state index contributed by atoms with van der Waals surface area (Å²) in [5.74, 6) is 0. The van der Waals surface area contributed by atoms with Gasteiger partial charge in [-0.05, 0) is 67.8 Å². The van der Waals surface area contributed by atoms with Crippen LogP contribution in [0.2, 0.25) is 10.0 Å². The average Bonchev–Trinajstić information content (AvgIpc) is 2.47. The highest BCUT2D eigenvalue weighted by molar-refractivity contribution is 14.1. The Morgan fingerprint density at radius 2 is 1.60 bits per heavy atom. The number of fused-ring (bicyclic) bond motifs is 1. The van der Waals surface area contributed by atoms with E-state index in [1.807, 2.05) is 7.05 Å². The molecule has 2 rings (SSSR count). The third kappa shape index (κ3) is 2.00. The number of nitrogens with zero attached hydrogens (tertiary/aromatic N) is 2. The summed E-state index contributed by atoms with van der Waals surface area (Å²) in [6.07, 6.45) is 0. The fraction of sp³-hybridized carbons (Fsp3) is 0.125. The van der Waals surface area contributed by atoms with Crippen molar-refractivity contribution in [3.05, 3.63) is 20.9 Å². The van der Waals surface area contributed by atoms with Gasteiger partial charge in [0, 0.05) is 14.2 Å². The number of hydrogen-bond donors (Lipinski definition) is 0. The lowest BCUT2D eigenvalue weighted by atomic mass is 10.2. The van der Waals surface area contributed by atoms with E-state index < -0.39 is 0 Å². The van der Waals surface area contributed by atoms with Crippen LogP contribution in [0.1, 0.15) is 0 Å². The fourth-order valence-corrected chi connectivity index (χ4v) is 4.32. The molecule has 0 N–H and O–H groups in total. The average molecular weight is 579 g/mol. The number of hydrogen-bond acceptors (Lipinski definition) is 1. The van der Waals surface area contributed by atoms with Gasteiger partial charge in [0.2, 0.25) is 0 Å². The summed E-state index contributed by atoms with van der Waals surface area (Å²) < 4.78 is 4.61. The molecule has 0 radical (unpaired) electrons. The van der Waals surface area contributed by atoms with E-state index >= 15 is 0 Å². The molecule has 1 aromatic carbocycles. The molecule has 2 nitrogen and oxygen atoms in total. The molecular formula is C8H3Cl2I3N2. The van der Waals surface area contributed by atoms with E-state index in [9.17, 15) is 0 Å². The van der Waals surface area contributed by atoms with Crippen LogP contribution < -0.4 is 0 Å². The smallest absolute Gasteiger partial charge is 0.132 e. The van der Waals surface area contributed by atoms with Gasteiger partial charge in [0.05, 0.1) is 20.9 Å². The molecule has 15 heavy (non-hydrogen) atoms. The van der Waals surface area contributed by atoms with Crippen LogP contribution in [0.15, 0.2) is 0 Å². The van der Waals surface area contributed by atoms with E-state index in [1.54, 1.807) is 4.68 Å². The molecule has 1 heterocycles. The molecular weight excluding hydrogens is 576 g/mol. The van der Waals surface area contributed by atoms with Gasteiger partial charge in [-0.25, -0.2) is 0 Å². The molecule has 0 aliphatic rings. The molecule has 0 unspecified atom stereocenters. The van der Waals surface area contributed by atoms with E-state index in [0.717, 1.165) is 31.8 Å². The Balaban J connectivity index is 3.10. The molecule has 0 aliphatic carbocycles. The monoisotopic (exact) mass is 578 g/mol. The van der Waals surface area contributed by atoms with Crippen molar-refractivity contribution in [2.75, 3.05) is 0 Å². The van der Waals surface area contributed by atoms with Gasteiger partial charge in [0.1, 0.15) is 3.70 Å². The first-order valence-electron chi connectivity index (χ1n) is 3.79. The predicted octanol–water partition coefficient (Wildman–Crippen LogP) is 4.69. The fourth-order valence-electron chi connectivity index (χ4n) is 1.34. The quantitative estimate of drug-likeness (QED) is 0.252. The molecule has 7 heteroatoms. The number of aromatic nitrogens is 2. The molecule has 0 amide bonds. The van der Waals surface area contributed by atoms with Gasteiger partial charge in [0.15, 0.2) is 0 Å². The molecule has 0 saturated carbocycles. The summed E-state index contributed by atoms with van der Waals surface area (Å²) in [5, 5.41) is 6.71. The van der Waals surface area contributed by atoms with E-state index in [0.29, 0.717) is 0 Å². The Bertz CT molecular complexity index is 517. The first-order valence-corrected chi connectivity index (χ1v) is 7.78. The first kappa shape index (κ1) is 12.9. The van der Waals surface area contributed by atoms with E-state index in [4.69, 9.17) is 23.2 Å². The van der Waals surface area contributed by atoms with Crippen LogP contribution in [-0.2, 0) is 7.05 Å². The third-order valence-electron chi connectivity index (χ3n) is 2.01. The van der Waals surface area contributed by atoms with Gasteiger partial charge in [-0.3, -0.25) is 4.68 Å². The second-order valence-electron chi connectivity index (χ2n) is 2.89. The highest BCUT2D eigenvalue weighted by Gasteiger charge is 2.19. The molecule has 2 aromatic rings. The molecule has 80 valence electrons. The van der Waals surface area contributed by atoms with Crippen molar-refractivity contribution >= 4 is 102 Å². The zero-order valence-corrected chi connectivity index (χ0v) is 15.3. The van der Waals surface area contributed by atoms with Gasteiger partial charge in [-0.1, -0.05) is 23.2 Å². The Morgan fingerprint density at radius 1 is 1.07 bits per heavy atom. The number of benzene rings is 1. The van der Waals surface area contributed by atoms with Gasteiger partial charge in [0.25, 0.3) is 0 Å². The lowest BCUT2D eigenvalue weighted by molar-refractivity contribution is 0.787. The van der Waals surface area contributed by atoms with Gasteiger partial charge >= 0.3 is 0 Å². The van der Waals surface area contributed by atoms with E-state index in [-0.39, 0.29) is 0 Å². The molecule has 0 bridgehead atoms. The number of aryl methyl sites for hydroxylation is 1. The molecule has 1 aromatic heterocycles. The Labute approximate surface area is 137 Å². The van der Waals surface area contributed by atoms with Crippen molar-refractivity contribution in [3.63, 3.8) is 0 Å². The van der Waals surface area contributed by atoms with Crippen molar-refractivity contribution in [3.8, 4) is 0 Å². The molecule has 0 saturated heterocycles. The largest absolute Gasteiger partial charge is 0.265 e. The van der Waals surface area contributed by atoms with Crippen molar-refractivity contribution < 1.29 is 0 Å². The van der Waals surface area contributed by atoms with Crippen molar-refractivity contribution in [1.29, 1.82) is 0 Å². The van der Waals surface area contributed by atoms with Crippen LogP contribution in [0.25, 0.3) is 10.9 Å². The van der Waals surface area contributed by atoms with Crippen LogP contribution in [0.5, 0.6) is 0 Å². The summed E-state index contributed by atoms with van der Waals surface area (Å²) in [7, 11) is 1.87. The Kier molecular flexibility index (Phi) is 3.97. The lowest BCUT2D eigenvalue weighted by Crippen LogP contribution is -1.93. The van der Waals surface area contributed by atoms with Crippen LogP contribution in [0, 0.1) is 10.8 Å². The zero-order chi connectivity index (χ0) is 11.3. The third-order valence-corrected chi connectivity index (χ3v) is 7.34. The molecule has 0 spiro atoms. The maximum Gasteiger partial charge on any atom is 0.132 e. The van der Waals surface area contributed by atoms with Crippen molar-refractivity contribution in [2.24, 2.45) is 7.05 Å². The predicted molar refractivity (Wildman–Crippen MR) is 88.9 cm³/mol. The summed E-state index contributed by atoms with van der Waals surface area (Å²) in [6, 6.07) is 0. The Morgan fingerprint density at radius 3 is 2.20 bits per heavy atom. The maximum absolute atomic E-state index is 6.29. The van der Waals surface area contributed by atoms with Crippen LogP contribution in [-0.4, -0.2) is 9.78 Å². The van der Waals surface area contributed by atoms with Crippen molar-refractivity contribution in [2.45, 2.75) is 0 Å². The minimum absolute atomic E-state index is 0.720. The lowest BCUT2D eigenvalue weighted by Gasteiger charge is -2.06. The zero-order valence-electron chi connectivity index (χ0n) is 7.28. The van der Waals surface area contributed by atoms with Crippen LogP contribution >= 0.6 is 91.0 Å². The highest BCUT2D eigenvalue weighted by Crippen LogP contribution is 2.40. The first-order chi connectivity index (χ1) is 6.95. The maximum atomic E-state index is 6.29. The Hall–Kier alpha value is 1.46. The minimum atomic E-state index is 0.720. The minimum Gasteiger partial charge on any atom is -0.265 e. The second kappa shape index (κ2) is 4.62. The number of rotatable bonds is 0.